The highest BCUT2D eigenvalue weighted by molar-refractivity contribution is 5.94. The summed E-state index contributed by atoms with van der Waals surface area (Å²) in [6.45, 7) is 4.04. The van der Waals surface area contributed by atoms with Gasteiger partial charge in [-0.05, 0) is 67.7 Å². The largest absolute Gasteiger partial charge is 0.327 e. The molecule has 2 unspecified atom stereocenters. The zero-order valence-electron chi connectivity index (χ0n) is 15.8. The Morgan fingerprint density at radius 2 is 1.58 bits per heavy atom. The first-order chi connectivity index (χ1) is 12.4. The molecule has 0 aliphatic heterocycles. The molecule has 0 spiro atoms. The molecule has 0 radical (unpaired) electrons. The van der Waals surface area contributed by atoms with Gasteiger partial charge in [0.2, 0.25) is 11.8 Å². The number of nitrogens with two attached hydrogens (primary N) is 1. The molecule has 26 heavy (non-hydrogen) atoms. The van der Waals surface area contributed by atoms with Gasteiger partial charge in [-0.15, -0.1) is 0 Å². The van der Waals surface area contributed by atoms with Crippen molar-refractivity contribution in [1.82, 2.24) is 0 Å². The second-order valence-corrected chi connectivity index (χ2v) is 8.41. The van der Waals surface area contributed by atoms with Crippen molar-refractivity contribution in [2.75, 3.05) is 10.6 Å². The monoisotopic (exact) mass is 357 g/mol. The molecule has 2 bridgehead atoms. The molecule has 5 nitrogen and oxygen atoms in total. The zero-order chi connectivity index (χ0) is 18.7. The Balaban J connectivity index is 1.54. The molecular formula is C21H31N3O2. The third-order valence-corrected chi connectivity index (χ3v) is 5.81. The number of amides is 2. The maximum Gasteiger partial charge on any atom is 0.227 e. The van der Waals surface area contributed by atoms with Gasteiger partial charge >= 0.3 is 0 Å². The van der Waals surface area contributed by atoms with Crippen LogP contribution in [-0.2, 0) is 9.59 Å². The summed E-state index contributed by atoms with van der Waals surface area (Å²) < 4.78 is 0. The van der Waals surface area contributed by atoms with Crippen LogP contribution in [-0.4, -0.2) is 17.9 Å². The summed E-state index contributed by atoms with van der Waals surface area (Å²) in [5.41, 5.74) is 7.85. The third kappa shape index (κ3) is 4.64. The molecule has 1 aromatic rings. The van der Waals surface area contributed by atoms with Crippen molar-refractivity contribution in [3.8, 4) is 0 Å². The Morgan fingerprint density at radius 1 is 1.04 bits per heavy atom. The van der Waals surface area contributed by atoms with E-state index in [4.69, 9.17) is 5.73 Å². The Morgan fingerprint density at radius 3 is 2.12 bits per heavy atom. The molecule has 2 atom stereocenters. The lowest BCUT2D eigenvalue weighted by atomic mass is 9.65. The second-order valence-electron chi connectivity index (χ2n) is 8.41. The van der Waals surface area contributed by atoms with Crippen LogP contribution in [0.15, 0.2) is 24.3 Å². The van der Waals surface area contributed by atoms with Crippen molar-refractivity contribution in [3.05, 3.63) is 24.3 Å². The lowest BCUT2D eigenvalue weighted by Crippen LogP contribution is -2.48. The molecule has 4 N–H and O–H groups in total. The SMILES string of the molecule is CC(C)CC(=O)Nc1ccc(NC(=O)C2CC3CCCC(C2)C3N)cc1. The fourth-order valence-electron chi connectivity index (χ4n) is 4.47. The van der Waals surface area contributed by atoms with E-state index >= 15 is 0 Å². The van der Waals surface area contributed by atoms with E-state index < -0.39 is 0 Å². The number of rotatable bonds is 5. The van der Waals surface area contributed by atoms with Crippen LogP contribution < -0.4 is 16.4 Å². The summed E-state index contributed by atoms with van der Waals surface area (Å²) in [5.74, 6) is 1.51. The fourth-order valence-corrected chi connectivity index (χ4v) is 4.47. The van der Waals surface area contributed by atoms with E-state index in [9.17, 15) is 9.59 Å². The van der Waals surface area contributed by atoms with Gasteiger partial charge in [0.05, 0.1) is 0 Å². The Labute approximate surface area is 156 Å². The number of nitrogens with one attached hydrogen (secondary N) is 2. The van der Waals surface area contributed by atoms with E-state index in [0.29, 0.717) is 24.2 Å². The van der Waals surface area contributed by atoms with Crippen LogP contribution >= 0.6 is 0 Å². The molecule has 1 aromatic carbocycles. The van der Waals surface area contributed by atoms with E-state index in [0.717, 1.165) is 37.1 Å². The van der Waals surface area contributed by atoms with Gasteiger partial charge in [0.15, 0.2) is 0 Å². The van der Waals surface area contributed by atoms with Gasteiger partial charge in [-0.25, -0.2) is 0 Å². The van der Waals surface area contributed by atoms with Gasteiger partial charge < -0.3 is 16.4 Å². The van der Waals surface area contributed by atoms with Crippen LogP contribution in [0, 0.1) is 23.7 Å². The Hall–Kier alpha value is -1.88. The number of hydrogen-bond donors (Lipinski definition) is 3. The normalized spacial score (nSPS) is 27.8. The van der Waals surface area contributed by atoms with Crippen LogP contribution in [0.1, 0.15) is 52.4 Å². The molecule has 3 rings (SSSR count). The Bertz CT molecular complexity index is 627. The van der Waals surface area contributed by atoms with Crippen molar-refractivity contribution in [2.24, 2.45) is 29.4 Å². The average Bonchev–Trinajstić information content (AvgIpc) is 2.55. The van der Waals surface area contributed by atoms with Crippen LogP contribution in [0.5, 0.6) is 0 Å². The van der Waals surface area contributed by atoms with Gasteiger partial charge in [0.25, 0.3) is 0 Å². The third-order valence-electron chi connectivity index (χ3n) is 5.81. The summed E-state index contributed by atoms with van der Waals surface area (Å²) >= 11 is 0. The van der Waals surface area contributed by atoms with Crippen LogP contribution in [0.3, 0.4) is 0 Å². The van der Waals surface area contributed by atoms with Crippen LogP contribution in [0.4, 0.5) is 11.4 Å². The Kier molecular flexibility index (Phi) is 5.97. The number of anilines is 2. The number of hydrogen-bond acceptors (Lipinski definition) is 3. The van der Waals surface area contributed by atoms with E-state index in [-0.39, 0.29) is 23.8 Å². The van der Waals surface area contributed by atoms with Crippen molar-refractivity contribution in [3.63, 3.8) is 0 Å². The predicted molar refractivity (Wildman–Crippen MR) is 105 cm³/mol. The van der Waals surface area contributed by atoms with E-state index in [2.05, 4.69) is 10.6 Å². The first-order valence-corrected chi connectivity index (χ1v) is 9.88. The summed E-state index contributed by atoms with van der Waals surface area (Å²) in [6.07, 6.45) is 5.89. The minimum absolute atomic E-state index is 0.0156. The van der Waals surface area contributed by atoms with Crippen LogP contribution in [0.25, 0.3) is 0 Å². The first kappa shape index (κ1) is 18.9. The van der Waals surface area contributed by atoms with Gasteiger partial charge in [-0.2, -0.15) is 0 Å². The molecular weight excluding hydrogens is 326 g/mol. The molecule has 2 aliphatic rings. The number of carbonyl (C=O) groups excluding carboxylic acids is 2. The smallest absolute Gasteiger partial charge is 0.227 e. The van der Waals surface area contributed by atoms with Crippen molar-refractivity contribution in [1.29, 1.82) is 0 Å². The molecule has 2 aliphatic carbocycles. The maximum absolute atomic E-state index is 12.7. The first-order valence-electron chi connectivity index (χ1n) is 9.88. The van der Waals surface area contributed by atoms with Gasteiger partial charge in [-0.1, -0.05) is 20.3 Å². The topological polar surface area (TPSA) is 84.2 Å². The van der Waals surface area contributed by atoms with Crippen LogP contribution in [0.2, 0.25) is 0 Å². The van der Waals surface area contributed by atoms with E-state index in [1.807, 2.05) is 38.1 Å². The van der Waals surface area contributed by atoms with Gasteiger partial charge in [0, 0.05) is 29.8 Å². The number of carbonyl (C=O) groups is 2. The van der Waals surface area contributed by atoms with Gasteiger partial charge in [-0.3, -0.25) is 9.59 Å². The minimum Gasteiger partial charge on any atom is -0.327 e. The second kappa shape index (κ2) is 8.21. The molecule has 142 valence electrons. The molecule has 5 heteroatoms. The predicted octanol–water partition coefficient (Wildman–Crippen LogP) is 3.76. The standard InChI is InChI=1S/C21H31N3O2/c1-13(2)10-19(25)23-17-6-8-18(9-7-17)24-21(26)16-11-14-4-3-5-15(12-16)20(14)22/h6-9,13-16,20H,3-5,10-12,22H2,1-2H3,(H,23,25)(H,24,26). The average molecular weight is 357 g/mol. The number of fused-ring (bicyclic) bond motifs is 2. The summed E-state index contributed by atoms with van der Waals surface area (Å²) in [4.78, 5) is 24.5. The lowest BCUT2D eigenvalue weighted by molar-refractivity contribution is -0.122. The van der Waals surface area contributed by atoms with Crippen molar-refractivity contribution in [2.45, 2.75) is 58.4 Å². The minimum atomic E-state index is 0.0156. The highest BCUT2D eigenvalue weighted by Gasteiger charge is 2.40. The molecule has 2 saturated carbocycles. The highest BCUT2D eigenvalue weighted by Crippen LogP contribution is 2.42. The lowest BCUT2D eigenvalue weighted by Gasteiger charge is -2.43. The van der Waals surface area contributed by atoms with Crippen molar-refractivity contribution < 1.29 is 9.59 Å². The highest BCUT2D eigenvalue weighted by atomic mass is 16.2. The molecule has 0 heterocycles. The summed E-state index contributed by atoms with van der Waals surface area (Å²) in [6, 6.07) is 7.64. The molecule has 2 fully saturated rings. The van der Waals surface area contributed by atoms with E-state index in [1.54, 1.807) is 0 Å². The maximum atomic E-state index is 12.7. The summed E-state index contributed by atoms with van der Waals surface area (Å²) in [5, 5.41) is 5.92. The fraction of sp³-hybridized carbons (Fsp3) is 0.619. The van der Waals surface area contributed by atoms with Gasteiger partial charge in [0.1, 0.15) is 0 Å². The molecule has 2 amide bonds. The zero-order valence-corrected chi connectivity index (χ0v) is 15.8. The van der Waals surface area contributed by atoms with Crippen molar-refractivity contribution >= 4 is 23.2 Å². The van der Waals surface area contributed by atoms with E-state index in [1.165, 1.54) is 6.42 Å². The summed E-state index contributed by atoms with van der Waals surface area (Å²) in [7, 11) is 0. The molecule has 0 aromatic heterocycles. The number of benzene rings is 1. The molecule has 0 saturated heterocycles. The quantitative estimate of drug-likeness (QED) is 0.750.